The Labute approximate surface area is 127 Å². The zero-order valence-electron chi connectivity index (χ0n) is 13.9. The predicted molar refractivity (Wildman–Crippen MR) is 84.4 cm³/mol. The molecule has 118 valence electrons. The zero-order chi connectivity index (χ0) is 15.6. The van der Waals surface area contributed by atoms with E-state index in [1.807, 2.05) is 25.8 Å². The molecule has 1 atom stereocenters. The SMILES string of the molecule is Cc1nn(C)c(C)c1C(=O)N1CCCC(CNC(C)C)C1. The standard InChI is InChI=1S/C16H28N4O/c1-11(2)17-9-14-7-6-8-20(10-14)16(21)15-12(3)18-19(5)13(15)4/h11,14,17H,6-10H2,1-5H3. The predicted octanol–water partition coefficient (Wildman–Crippen LogP) is 1.89. The number of amides is 1. The van der Waals surface area contributed by atoms with Gasteiger partial charge in [-0.25, -0.2) is 0 Å². The van der Waals surface area contributed by atoms with E-state index in [0.717, 1.165) is 43.0 Å². The molecule has 1 unspecified atom stereocenters. The fourth-order valence-corrected chi connectivity index (χ4v) is 3.06. The van der Waals surface area contributed by atoms with Crippen LogP contribution in [-0.4, -0.2) is 46.3 Å². The third kappa shape index (κ3) is 3.64. The number of nitrogens with one attached hydrogen (secondary N) is 1. The number of likely N-dealkylation sites (tertiary alicyclic amines) is 1. The molecule has 0 aliphatic carbocycles. The largest absolute Gasteiger partial charge is 0.338 e. The van der Waals surface area contributed by atoms with Crippen molar-refractivity contribution in [3.05, 3.63) is 17.0 Å². The van der Waals surface area contributed by atoms with Gasteiger partial charge in [0, 0.05) is 31.9 Å². The molecule has 0 radical (unpaired) electrons. The van der Waals surface area contributed by atoms with Gasteiger partial charge < -0.3 is 10.2 Å². The molecule has 1 amide bonds. The minimum atomic E-state index is 0.146. The van der Waals surface area contributed by atoms with Crippen LogP contribution in [0.4, 0.5) is 0 Å². The summed E-state index contributed by atoms with van der Waals surface area (Å²) < 4.78 is 1.80. The van der Waals surface area contributed by atoms with Gasteiger partial charge in [0.2, 0.25) is 0 Å². The van der Waals surface area contributed by atoms with Crippen LogP contribution in [0.1, 0.15) is 48.4 Å². The minimum absolute atomic E-state index is 0.146. The number of hydrogen-bond acceptors (Lipinski definition) is 3. The summed E-state index contributed by atoms with van der Waals surface area (Å²) in [4.78, 5) is 14.8. The van der Waals surface area contributed by atoms with Crippen LogP contribution in [-0.2, 0) is 7.05 Å². The molecule has 1 saturated heterocycles. The van der Waals surface area contributed by atoms with Crippen molar-refractivity contribution in [2.75, 3.05) is 19.6 Å². The van der Waals surface area contributed by atoms with Crippen LogP contribution >= 0.6 is 0 Å². The van der Waals surface area contributed by atoms with Crippen molar-refractivity contribution in [1.29, 1.82) is 0 Å². The number of rotatable bonds is 4. The highest BCUT2D eigenvalue weighted by atomic mass is 16.2. The van der Waals surface area contributed by atoms with Crippen LogP contribution in [0.25, 0.3) is 0 Å². The highest BCUT2D eigenvalue weighted by molar-refractivity contribution is 5.96. The average Bonchev–Trinajstić information content (AvgIpc) is 2.69. The quantitative estimate of drug-likeness (QED) is 0.922. The molecule has 1 N–H and O–H groups in total. The summed E-state index contributed by atoms with van der Waals surface area (Å²) in [6.07, 6.45) is 2.29. The molecule has 0 spiro atoms. The number of aryl methyl sites for hydroxylation is 2. The average molecular weight is 292 g/mol. The van der Waals surface area contributed by atoms with E-state index >= 15 is 0 Å². The molecule has 0 bridgehead atoms. The highest BCUT2D eigenvalue weighted by Gasteiger charge is 2.27. The van der Waals surface area contributed by atoms with Gasteiger partial charge in [-0.15, -0.1) is 0 Å². The van der Waals surface area contributed by atoms with Crippen molar-refractivity contribution in [3.63, 3.8) is 0 Å². The van der Waals surface area contributed by atoms with Gasteiger partial charge >= 0.3 is 0 Å². The van der Waals surface area contributed by atoms with Gasteiger partial charge in [-0.3, -0.25) is 9.48 Å². The maximum absolute atomic E-state index is 12.8. The summed E-state index contributed by atoms with van der Waals surface area (Å²) in [5, 5.41) is 7.85. The minimum Gasteiger partial charge on any atom is -0.338 e. The number of hydrogen-bond donors (Lipinski definition) is 1. The molecule has 2 heterocycles. The molecule has 1 aliphatic rings. The second-order valence-electron chi connectivity index (χ2n) is 6.49. The van der Waals surface area contributed by atoms with Crippen molar-refractivity contribution in [3.8, 4) is 0 Å². The summed E-state index contributed by atoms with van der Waals surface area (Å²) in [6, 6.07) is 0.499. The van der Waals surface area contributed by atoms with E-state index in [0.29, 0.717) is 12.0 Å². The van der Waals surface area contributed by atoms with E-state index < -0.39 is 0 Å². The first kappa shape index (κ1) is 16.0. The molecule has 5 nitrogen and oxygen atoms in total. The van der Waals surface area contributed by atoms with E-state index in [4.69, 9.17) is 0 Å². The Hall–Kier alpha value is -1.36. The number of carbonyl (C=O) groups excluding carboxylic acids is 1. The second-order valence-corrected chi connectivity index (χ2v) is 6.49. The van der Waals surface area contributed by atoms with Crippen molar-refractivity contribution >= 4 is 5.91 Å². The van der Waals surface area contributed by atoms with Crippen molar-refractivity contribution in [2.24, 2.45) is 13.0 Å². The molecule has 21 heavy (non-hydrogen) atoms. The van der Waals surface area contributed by atoms with Gasteiger partial charge in [-0.2, -0.15) is 5.10 Å². The van der Waals surface area contributed by atoms with Crippen molar-refractivity contribution < 1.29 is 4.79 Å². The summed E-state index contributed by atoms with van der Waals surface area (Å²) >= 11 is 0. The van der Waals surface area contributed by atoms with E-state index in [1.165, 1.54) is 6.42 Å². The van der Waals surface area contributed by atoms with Gasteiger partial charge in [-0.1, -0.05) is 13.8 Å². The smallest absolute Gasteiger partial charge is 0.257 e. The van der Waals surface area contributed by atoms with Gasteiger partial charge in [0.25, 0.3) is 5.91 Å². The summed E-state index contributed by atoms with van der Waals surface area (Å²) in [5.41, 5.74) is 2.58. The van der Waals surface area contributed by atoms with Gasteiger partial charge in [-0.05, 0) is 39.2 Å². The van der Waals surface area contributed by atoms with Gasteiger partial charge in [0.05, 0.1) is 11.3 Å². The molecule has 1 aromatic heterocycles. The molecule has 1 aliphatic heterocycles. The van der Waals surface area contributed by atoms with Crippen LogP contribution < -0.4 is 5.32 Å². The first-order valence-electron chi connectivity index (χ1n) is 7.93. The molecular weight excluding hydrogens is 264 g/mol. The highest BCUT2D eigenvalue weighted by Crippen LogP contribution is 2.21. The topological polar surface area (TPSA) is 50.2 Å². The Kier molecular flexibility index (Phi) is 5.04. The molecule has 2 rings (SSSR count). The molecule has 1 aromatic rings. The lowest BCUT2D eigenvalue weighted by Crippen LogP contribution is -2.44. The van der Waals surface area contributed by atoms with Crippen LogP contribution in [0, 0.1) is 19.8 Å². The Bertz CT molecular complexity index is 507. The Balaban J connectivity index is 2.05. The lowest BCUT2D eigenvalue weighted by atomic mass is 9.97. The molecule has 5 heteroatoms. The van der Waals surface area contributed by atoms with Gasteiger partial charge in [0.15, 0.2) is 0 Å². The monoisotopic (exact) mass is 292 g/mol. The van der Waals surface area contributed by atoms with E-state index in [-0.39, 0.29) is 5.91 Å². The lowest BCUT2D eigenvalue weighted by Gasteiger charge is -2.33. The van der Waals surface area contributed by atoms with Crippen LogP contribution in [0.3, 0.4) is 0 Å². The normalized spacial score (nSPS) is 19.3. The van der Waals surface area contributed by atoms with Crippen LogP contribution in [0.5, 0.6) is 0 Å². The second kappa shape index (κ2) is 6.60. The summed E-state index contributed by atoms with van der Waals surface area (Å²) in [6.45, 7) is 10.9. The lowest BCUT2D eigenvalue weighted by molar-refractivity contribution is 0.0670. The summed E-state index contributed by atoms with van der Waals surface area (Å²) in [5.74, 6) is 0.703. The van der Waals surface area contributed by atoms with E-state index in [1.54, 1.807) is 4.68 Å². The maximum atomic E-state index is 12.8. The van der Waals surface area contributed by atoms with Crippen LogP contribution in [0.15, 0.2) is 0 Å². The maximum Gasteiger partial charge on any atom is 0.257 e. The summed E-state index contributed by atoms with van der Waals surface area (Å²) in [7, 11) is 1.89. The van der Waals surface area contributed by atoms with Crippen LogP contribution in [0.2, 0.25) is 0 Å². The number of aromatic nitrogens is 2. The third-order valence-corrected chi connectivity index (χ3v) is 4.34. The first-order valence-corrected chi connectivity index (χ1v) is 7.93. The van der Waals surface area contributed by atoms with E-state index in [9.17, 15) is 4.79 Å². The fourth-order valence-electron chi connectivity index (χ4n) is 3.06. The molecular formula is C16H28N4O. The number of carbonyl (C=O) groups is 1. The third-order valence-electron chi connectivity index (χ3n) is 4.34. The number of nitrogens with zero attached hydrogens (tertiary/aromatic N) is 3. The Morgan fingerprint density at radius 1 is 1.43 bits per heavy atom. The number of piperidine rings is 1. The fraction of sp³-hybridized carbons (Fsp3) is 0.750. The van der Waals surface area contributed by atoms with Crippen molar-refractivity contribution in [2.45, 2.75) is 46.6 Å². The van der Waals surface area contributed by atoms with Gasteiger partial charge in [0.1, 0.15) is 0 Å². The molecule has 0 saturated carbocycles. The Morgan fingerprint density at radius 3 is 2.71 bits per heavy atom. The molecule has 0 aromatic carbocycles. The first-order chi connectivity index (χ1) is 9.90. The molecule has 1 fully saturated rings. The van der Waals surface area contributed by atoms with E-state index in [2.05, 4.69) is 24.3 Å². The Morgan fingerprint density at radius 2 is 2.14 bits per heavy atom. The van der Waals surface area contributed by atoms with Crippen molar-refractivity contribution in [1.82, 2.24) is 20.0 Å². The zero-order valence-corrected chi connectivity index (χ0v) is 13.9.